The van der Waals surface area contributed by atoms with Crippen LogP contribution >= 0.6 is 0 Å². The summed E-state index contributed by atoms with van der Waals surface area (Å²) in [5.41, 5.74) is 1.32. The van der Waals surface area contributed by atoms with E-state index >= 15 is 0 Å². The van der Waals surface area contributed by atoms with Crippen LogP contribution in [0.4, 0.5) is 4.79 Å². The lowest BCUT2D eigenvalue weighted by Gasteiger charge is -2.40. The van der Waals surface area contributed by atoms with Gasteiger partial charge in [0.25, 0.3) is 0 Å². The molecular formula is C25H22N2O5. The third kappa shape index (κ3) is 2.36. The average molecular weight is 430 g/mol. The third-order valence-electron chi connectivity index (χ3n) is 6.70. The summed E-state index contributed by atoms with van der Waals surface area (Å²) in [6.07, 6.45) is -1.02. The first kappa shape index (κ1) is 19.0. The molecule has 4 aromatic rings. The molecule has 1 amide bonds. The Balaban J connectivity index is 1.81. The Morgan fingerprint density at radius 2 is 1.81 bits per heavy atom. The molecule has 1 aromatic heterocycles. The number of nitrogens with zero attached hydrogens (tertiary/aromatic N) is 1. The van der Waals surface area contributed by atoms with Gasteiger partial charge < -0.3 is 24.1 Å². The minimum Gasteiger partial charge on any atom is -0.496 e. The molecule has 6 rings (SSSR count). The number of methoxy groups -OCH3 is 1. The first-order valence-electron chi connectivity index (χ1n) is 10.5. The van der Waals surface area contributed by atoms with Gasteiger partial charge in [0, 0.05) is 24.1 Å². The van der Waals surface area contributed by atoms with Crippen LogP contribution in [0.15, 0.2) is 47.3 Å². The van der Waals surface area contributed by atoms with Gasteiger partial charge >= 0.3 is 6.09 Å². The fraction of sp³-hybridized carbons (Fsp3) is 0.280. The molecule has 1 saturated heterocycles. The molecular weight excluding hydrogens is 408 g/mol. The molecule has 162 valence electrons. The minimum atomic E-state index is -0.749. The van der Waals surface area contributed by atoms with Crippen molar-refractivity contribution in [3.8, 4) is 11.5 Å². The summed E-state index contributed by atoms with van der Waals surface area (Å²) in [5.74, 6) is 1.01. The Morgan fingerprint density at radius 1 is 1.09 bits per heavy atom. The van der Waals surface area contributed by atoms with Gasteiger partial charge in [0.2, 0.25) is 5.43 Å². The van der Waals surface area contributed by atoms with E-state index in [1.54, 1.807) is 13.2 Å². The highest BCUT2D eigenvalue weighted by atomic mass is 16.6. The van der Waals surface area contributed by atoms with Gasteiger partial charge in [0.15, 0.2) is 6.10 Å². The summed E-state index contributed by atoms with van der Waals surface area (Å²) in [6, 6.07) is 13.2. The first-order valence-corrected chi connectivity index (χ1v) is 10.5. The number of benzene rings is 3. The third-order valence-corrected chi connectivity index (χ3v) is 6.70. The van der Waals surface area contributed by atoms with Crippen molar-refractivity contribution in [2.24, 2.45) is 7.05 Å². The molecule has 0 spiro atoms. The van der Waals surface area contributed by atoms with Gasteiger partial charge in [-0.3, -0.25) is 4.79 Å². The van der Waals surface area contributed by atoms with Crippen LogP contribution in [0.5, 0.6) is 11.5 Å². The van der Waals surface area contributed by atoms with Gasteiger partial charge in [-0.05, 0) is 36.8 Å². The molecule has 3 aromatic carbocycles. The van der Waals surface area contributed by atoms with Crippen molar-refractivity contribution in [2.45, 2.75) is 31.6 Å². The van der Waals surface area contributed by atoms with Crippen molar-refractivity contribution in [3.05, 3.63) is 58.3 Å². The smallest absolute Gasteiger partial charge is 0.408 e. The first-order chi connectivity index (χ1) is 15.3. The molecule has 2 atom stereocenters. The summed E-state index contributed by atoms with van der Waals surface area (Å²) in [6.45, 7) is 3.77. The number of carbonyl (C=O) groups is 1. The van der Waals surface area contributed by atoms with Crippen molar-refractivity contribution in [1.82, 2.24) is 9.88 Å². The lowest BCUT2D eigenvalue weighted by atomic mass is 9.85. The molecule has 2 aliphatic rings. The molecule has 2 unspecified atom stereocenters. The quantitative estimate of drug-likeness (QED) is 0.459. The molecule has 7 nitrogen and oxygen atoms in total. The number of fused-ring (bicyclic) bond motifs is 7. The van der Waals surface area contributed by atoms with Crippen molar-refractivity contribution in [2.75, 3.05) is 7.11 Å². The molecule has 0 aliphatic carbocycles. The standard InChI is InChI=1S/C25H22N2O5/c1-25(2)23-20(26-24(29)31-23)18-17(32-25)11-16(30-4)19-21(18)27(3)15-10-13-8-6-5-7-12(13)9-14(15)22(19)28/h5-11,20,23H,1-4H3,(H,26,29). The van der Waals surface area contributed by atoms with Gasteiger partial charge in [-0.25, -0.2) is 4.79 Å². The second kappa shape index (κ2) is 6.16. The summed E-state index contributed by atoms with van der Waals surface area (Å²) < 4.78 is 19.5. The van der Waals surface area contributed by atoms with Crippen molar-refractivity contribution in [1.29, 1.82) is 0 Å². The number of hydrogen-bond donors (Lipinski definition) is 1. The topological polar surface area (TPSA) is 78.8 Å². The monoisotopic (exact) mass is 430 g/mol. The molecule has 2 aliphatic heterocycles. The van der Waals surface area contributed by atoms with E-state index in [-0.39, 0.29) is 5.43 Å². The summed E-state index contributed by atoms with van der Waals surface area (Å²) in [5, 5.41) is 6.03. The summed E-state index contributed by atoms with van der Waals surface area (Å²) >= 11 is 0. The van der Waals surface area contributed by atoms with E-state index in [0.29, 0.717) is 27.8 Å². The van der Waals surface area contributed by atoms with Crippen LogP contribution < -0.4 is 20.2 Å². The largest absolute Gasteiger partial charge is 0.496 e. The fourth-order valence-corrected chi connectivity index (χ4v) is 5.22. The lowest BCUT2D eigenvalue weighted by molar-refractivity contribution is -0.0398. The maximum absolute atomic E-state index is 13.8. The number of aromatic nitrogens is 1. The maximum atomic E-state index is 13.8. The van der Waals surface area contributed by atoms with Gasteiger partial charge in [0.05, 0.1) is 23.5 Å². The number of aryl methyl sites for hydroxylation is 1. The summed E-state index contributed by atoms with van der Waals surface area (Å²) in [4.78, 5) is 26.0. The Bertz CT molecular complexity index is 1540. The highest BCUT2D eigenvalue weighted by Crippen LogP contribution is 2.49. The van der Waals surface area contributed by atoms with E-state index in [2.05, 4.69) is 5.32 Å². The zero-order valence-corrected chi connectivity index (χ0v) is 18.2. The molecule has 0 saturated carbocycles. The zero-order chi connectivity index (χ0) is 22.4. The highest BCUT2D eigenvalue weighted by molar-refractivity contribution is 6.04. The predicted octanol–water partition coefficient (Wildman–Crippen LogP) is 4.17. The summed E-state index contributed by atoms with van der Waals surface area (Å²) in [7, 11) is 3.47. The van der Waals surface area contributed by atoms with Crippen LogP contribution in [0.25, 0.3) is 32.6 Å². The normalized spacial score (nSPS) is 21.1. The van der Waals surface area contributed by atoms with E-state index in [4.69, 9.17) is 14.2 Å². The van der Waals surface area contributed by atoms with E-state index < -0.39 is 23.8 Å². The Morgan fingerprint density at radius 3 is 2.53 bits per heavy atom. The Labute approximate surface area is 183 Å². The van der Waals surface area contributed by atoms with Gasteiger partial charge in [-0.15, -0.1) is 0 Å². The number of rotatable bonds is 1. The highest BCUT2D eigenvalue weighted by Gasteiger charge is 2.52. The van der Waals surface area contributed by atoms with Crippen molar-refractivity contribution < 1.29 is 19.0 Å². The fourth-order valence-electron chi connectivity index (χ4n) is 5.22. The number of alkyl carbamates (subject to hydrolysis) is 1. The molecule has 32 heavy (non-hydrogen) atoms. The number of hydrogen-bond acceptors (Lipinski definition) is 5. The maximum Gasteiger partial charge on any atom is 0.408 e. The van der Waals surface area contributed by atoms with Crippen LogP contribution in [0.2, 0.25) is 0 Å². The molecule has 0 radical (unpaired) electrons. The lowest BCUT2D eigenvalue weighted by Crippen LogP contribution is -2.49. The number of nitrogens with one attached hydrogen (secondary N) is 1. The van der Waals surface area contributed by atoms with Crippen LogP contribution in [0.1, 0.15) is 25.5 Å². The number of ether oxygens (including phenoxy) is 3. The SMILES string of the molecule is COc1cc2c(c3c1c(=O)c1cc4ccccc4cc1n3C)C1NC(=O)OC1C(C)(C)O2. The van der Waals surface area contributed by atoms with Crippen LogP contribution in [-0.2, 0) is 11.8 Å². The van der Waals surface area contributed by atoms with Crippen LogP contribution in [0.3, 0.4) is 0 Å². The van der Waals surface area contributed by atoms with Crippen molar-refractivity contribution in [3.63, 3.8) is 0 Å². The van der Waals surface area contributed by atoms with Gasteiger partial charge in [0.1, 0.15) is 23.1 Å². The second-order valence-electron chi connectivity index (χ2n) is 8.97. The predicted molar refractivity (Wildman–Crippen MR) is 122 cm³/mol. The van der Waals surface area contributed by atoms with Gasteiger partial charge in [-0.2, -0.15) is 0 Å². The van der Waals surface area contributed by atoms with E-state index in [9.17, 15) is 9.59 Å². The number of amides is 1. The number of pyridine rings is 1. The minimum absolute atomic E-state index is 0.120. The molecule has 3 heterocycles. The molecule has 0 bridgehead atoms. The van der Waals surface area contributed by atoms with Gasteiger partial charge in [-0.1, -0.05) is 24.3 Å². The molecule has 1 fully saturated rings. The van der Waals surface area contributed by atoms with E-state index in [0.717, 1.165) is 21.9 Å². The van der Waals surface area contributed by atoms with Crippen LogP contribution in [0, 0.1) is 0 Å². The average Bonchev–Trinajstić information content (AvgIpc) is 3.17. The second-order valence-corrected chi connectivity index (χ2v) is 8.97. The Hall–Kier alpha value is -3.74. The molecule has 7 heteroatoms. The van der Waals surface area contributed by atoms with E-state index in [1.807, 2.05) is 61.9 Å². The van der Waals surface area contributed by atoms with Crippen molar-refractivity contribution >= 4 is 38.7 Å². The van der Waals surface area contributed by atoms with E-state index in [1.165, 1.54) is 0 Å². The molecule has 1 N–H and O–H groups in total. The van der Waals surface area contributed by atoms with Crippen LogP contribution in [-0.4, -0.2) is 29.5 Å². The Kier molecular flexibility index (Phi) is 3.65. The zero-order valence-electron chi connectivity index (χ0n) is 18.2. The number of carbonyl (C=O) groups excluding carboxylic acids is 1.